The van der Waals surface area contributed by atoms with Gasteiger partial charge in [-0.2, -0.15) is 22.0 Å². The van der Waals surface area contributed by atoms with Crippen LogP contribution in [0, 0.1) is 23.2 Å². The minimum Gasteiger partial charge on any atom is -0.508 e. The molecule has 11 heteroatoms. The molecule has 0 aliphatic heterocycles. The number of halogens is 6. The molecule has 0 heterocycles. The number of alkyl halides is 6. The van der Waals surface area contributed by atoms with Crippen LogP contribution in [0.3, 0.4) is 0 Å². The van der Waals surface area contributed by atoms with Crippen molar-refractivity contribution < 1.29 is 40.5 Å². The van der Waals surface area contributed by atoms with Gasteiger partial charge in [-0.15, -0.1) is 0 Å². The number of nitrogens with zero attached hydrogens (tertiary/aromatic N) is 1. The topological polar surface area (TPSA) is 57.6 Å². The number of aromatic hydroxyl groups is 1. The second-order valence-electron chi connectivity index (χ2n) is 13.7. The maximum Gasteiger partial charge on any atom is 0.453 e. The second kappa shape index (κ2) is 14.4. The molecular formula is C33H47F6NO3S. The van der Waals surface area contributed by atoms with Gasteiger partial charge in [0.05, 0.1) is 0 Å². The molecule has 2 fully saturated rings. The highest BCUT2D eigenvalue weighted by molar-refractivity contribution is 7.84. The van der Waals surface area contributed by atoms with Crippen LogP contribution < -0.4 is 0 Å². The standard InChI is InChI=1S/C33H47F6NO3S/c1-31-21-27(34)30-25-11-10-24(41)20-23(25)19-22(29(30)26(31)12-13-28(31)42)9-5-3-4-6-15-40(2)16-8-18-44(43)17-7-14-32(35,36)33(37,38)39/h10-11,20,22,26-27,29-30,41H,3-9,12-19,21H2,1-2H3/t22-,26+,27?,29+,30+,31+,44?/m1/s1. The molecule has 0 spiro atoms. The summed E-state index contributed by atoms with van der Waals surface area (Å²) in [4.78, 5) is 15.0. The molecule has 4 nitrogen and oxygen atoms in total. The summed E-state index contributed by atoms with van der Waals surface area (Å²) in [6.07, 6.45) is -0.377. The lowest BCUT2D eigenvalue weighted by Crippen LogP contribution is -2.50. The number of Topliss-reactive ketones (excluding diaryl/α,β-unsaturated/α-hetero) is 1. The lowest BCUT2D eigenvalue weighted by atomic mass is 9.51. The van der Waals surface area contributed by atoms with Gasteiger partial charge >= 0.3 is 12.1 Å². The van der Waals surface area contributed by atoms with E-state index in [1.165, 1.54) is 0 Å². The van der Waals surface area contributed by atoms with Crippen molar-refractivity contribution in [2.45, 2.75) is 108 Å². The summed E-state index contributed by atoms with van der Waals surface area (Å²) in [7, 11) is 0.535. The van der Waals surface area contributed by atoms with Gasteiger partial charge in [-0.25, -0.2) is 4.39 Å². The zero-order valence-electron chi connectivity index (χ0n) is 25.8. The minimum absolute atomic E-state index is 0.130. The molecule has 0 radical (unpaired) electrons. The second-order valence-corrected chi connectivity index (χ2v) is 15.4. The maximum absolute atomic E-state index is 15.9. The number of phenols is 1. The normalized spacial score (nSPS) is 29.4. The first kappa shape index (κ1) is 35.2. The summed E-state index contributed by atoms with van der Waals surface area (Å²) in [5, 5.41) is 10.1. The Bertz CT molecular complexity index is 1160. The predicted octanol–water partition coefficient (Wildman–Crippen LogP) is 7.99. The third kappa shape index (κ3) is 8.02. The van der Waals surface area contributed by atoms with Crippen molar-refractivity contribution in [2.75, 3.05) is 31.6 Å². The van der Waals surface area contributed by atoms with Crippen LogP contribution in [0.1, 0.15) is 94.6 Å². The molecule has 44 heavy (non-hydrogen) atoms. The van der Waals surface area contributed by atoms with Crippen LogP contribution in [-0.2, 0) is 22.0 Å². The molecule has 1 N–H and O–H groups in total. The van der Waals surface area contributed by atoms with Gasteiger partial charge in [-0.05, 0) is 106 Å². The van der Waals surface area contributed by atoms with Crippen molar-refractivity contribution in [1.82, 2.24) is 4.90 Å². The van der Waals surface area contributed by atoms with Crippen LogP contribution >= 0.6 is 0 Å². The Hall–Kier alpha value is -1.62. The summed E-state index contributed by atoms with van der Waals surface area (Å²) in [6.45, 7) is 3.50. The van der Waals surface area contributed by atoms with Crippen molar-refractivity contribution in [2.24, 2.45) is 23.2 Å². The molecule has 4 rings (SSSR count). The molecular weight excluding hydrogens is 604 g/mol. The number of rotatable bonds is 15. The summed E-state index contributed by atoms with van der Waals surface area (Å²) in [5.74, 6) is -3.84. The number of carbonyl (C=O) groups is 1. The molecule has 3 aliphatic rings. The predicted molar refractivity (Wildman–Crippen MR) is 160 cm³/mol. The number of phenolic OH excluding ortho intramolecular Hbond substituents is 1. The van der Waals surface area contributed by atoms with E-state index in [1.807, 2.05) is 20.0 Å². The molecule has 7 atom stereocenters. The Balaban J connectivity index is 1.18. The Morgan fingerprint density at radius 2 is 1.70 bits per heavy atom. The number of fused-ring (bicyclic) bond motifs is 5. The van der Waals surface area contributed by atoms with Crippen molar-refractivity contribution in [3.63, 3.8) is 0 Å². The fourth-order valence-electron chi connectivity index (χ4n) is 8.28. The molecule has 250 valence electrons. The number of carbonyl (C=O) groups excluding carboxylic acids is 1. The van der Waals surface area contributed by atoms with Crippen LogP contribution in [0.4, 0.5) is 26.3 Å². The monoisotopic (exact) mass is 651 g/mol. The average molecular weight is 652 g/mol. The third-order valence-electron chi connectivity index (χ3n) is 10.6. The van der Waals surface area contributed by atoms with E-state index in [9.17, 15) is 36.1 Å². The minimum atomic E-state index is -5.57. The molecule has 3 aliphatic carbocycles. The Morgan fingerprint density at radius 3 is 2.43 bits per heavy atom. The van der Waals surface area contributed by atoms with Crippen molar-refractivity contribution >= 4 is 16.6 Å². The van der Waals surface area contributed by atoms with E-state index in [1.54, 1.807) is 12.1 Å². The molecule has 0 saturated heterocycles. The smallest absolute Gasteiger partial charge is 0.453 e. The average Bonchev–Trinajstić information content (AvgIpc) is 3.22. The quantitative estimate of drug-likeness (QED) is 0.154. The highest BCUT2D eigenvalue weighted by Gasteiger charge is 2.60. The lowest BCUT2D eigenvalue weighted by molar-refractivity contribution is -0.284. The van der Waals surface area contributed by atoms with Crippen molar-refractivity contribution in [1.29, 1.82) is 0 Å². The van der Waals surface area contributed by atoms with E-state index >= 15 is 4.39 Å². The van der Waals surface area contributed by atoms with Crippen molar-refractivity contribution in [3.8, 4) is 5.75 Å². The molecule has 2 unspecified atom stereocenters. The van der Waals surface area contributed by atoms with Gasteiger partial charge < -0.3 is 10.0 Å². The fraction of sp³-hybridized carbons (Fsp3) is 0.788. The first-order valence-electron chi connectivity index (χ1n) is 16.1. The Labute approximate surface area is 259 Å². The van der Waals surface area contributed by atoms with E-state index in [0.717, 1.165) is 62.6 Å². The molecule has 0 bridgehead atoms. The summed E-state index contributed by atoms with van der Waals surface area (Å²) in [6, 6.07) is 5.33. The molecule has 1 aromatic rings. The molecule has 2 saturated carbocycles. The number of benzene rings is 1. The Morgan fingerprint density at radius 1 is 1.02 bits per heavy atom. The number of hydrogen-bond acceptors (Lipinski definition) is 4. The maximum atomic E-state index is 15.9. The van der Waals surface area contributed by atoms with Gasteiger partial charge in [0.2, 0.25) is 0 Å². The van der Waals surface area contributed by atoms with Crippen LogP contribution in [0.15, 0.2) is 18.2 Å². The first-order valence-corrected chi connectivity index (χ1v) is 17.6. The van der Waals surface area contributed by atoms with E-state index < -0.39 is 47.3 Å². The highest BCUT2D eigenvalue weighted by Crippen LogP contribution is 2.62. The summed E-state index contributed by atoms with van der Waals surface area (Å²) in [5.41, 5.74) is 1.47. The van der Waals surface area contributed by atoms with Gasteiger partial charge in [0.25, 0.3) is 0 Å². The largest absolute Gasteiger partial charge is 0.508 e. The van der Waals surface area contributed by atoms with E-state index in [4.69, 9.17) is 0 Å². The molecule has 0 aromatic heterocycles. The Kier molecular flexibility index (Phi) is 11.6. The van der Waals surface area contributed by atoms with Crippen LogP contribution in [0.25, 0.3) is 0 Å². The lowest BCUT2D eigenvalue weighted by Gasteiger charge is -2.53. The van der Waals surface area contributed by atoms with Gasteiger partial charge in [-0.1, -0.05) is 32.3 Å². The van der Waals surface area contributed by atoms with Crippen LogP contribution in [0.5, 0.6) is 5.75 Å². The van der Waals surface area contributed by atoms with E-state index in [2.05, 4.69) is 4.90 Å². The van der Waals surface area contributed by atoms with Crippen LogP contribution in [-0.4, -0.2) is 69.9 Å². The first-order chi connectivity index (χ1) is 20.6. The SMILES string of the molecule is CN(CCCCCC[C@@H]1Cc2cc(O)ccc2[C@H]2C(F)C[C@]3(C)C(=O)CC[C@H]3[C@H]12)CCCS(=O)CCCC(F)(F)C(F)(F)F. The molecule has 0 amide bonds. The molecule has 1 aromatic carbocycles. The van der Waals surface area contributed by atoms with Gasteiger partial charge in [0, 0.05) is 46.5 Å². The van der Waals surface area contributed by atoms with E-state index in [0.29, 0.717) is 19.4 Å². The zero-order valence-corrected chi connectivity index (χ0v) is 26.6. The number of hydrogen-bond donors (Lipinski definition) is 1. The zero-order chi connectivity index (χ0) is 32.3. The van der Waals surface area contributed by atoms with Crippen molar-refractivity contribution in [3.05, 3.63) is 29.3 Å². The summed E-state index contributed by atoms with van der Waals surface area (Å²) >= 11 is 0. The number of ketones is 1. The van der Waals surface area contributed by atoms with Crippen LogP contribution in [0.2, 0.25) is 0 Å². The van der Waals surface area contributed by atoms with Gasteiger partial charge in [0.15, 0.2) is 0 Å². The summed E-state index contributed by atoms with van der Waals surface area (Å²) < 4.78 is 90.6. The van der Waals surface area contributed by atoms with E-state index in [-0.39, 0.29) is 53.1 Å². The number of unbranched alkanes of at least 4 members (excludes halogenated alkanes) is 3. The van der Waals surface area contributed by atoms with Gasteiger partial charge in [-0.3, -0.25) is 9.00 Å². The van der Waals surface area contributed by atoms with Gasteiger partial charge in [0.1, 0.15) is 17.7 Å². The third-order valence-corrected chi connectivity index (χ3v) is 12.1. The fourth-order valence-corrected chi connectivity index (χ4v) is 9.40. The highest BCUT2D eigenvalue weighted by atomic mass is 32.2.